The van der Waals surface area contributed by atoms with Crippen molar-refractivity contribution < 1.29 is 22.4 Å². The number of aryl methyl sites for hydroxylation is 1. The van der Waals surface area contributed by atoms with Gasteiger partial charge in [0.25, 0.3) is 0 Å². The lowest BCUT2D eigenvalue weighted by molar-refractivity contribution is -0.137. The van der Waals surface area contributed by atoms with E-state index < -0.39 is 11.7 Å². The number of anilines is 1. The number of carbonyl (C=O) groups excluding carboxylic acids is 1. The predicted molar refractivity (Wildman–Crippen MR) is 92.5 cm³/mol. The SMILES string of the molecule is O=C(CCc1ccc(-c2ccccc2C(F)(F)F)o1)Nc1ccccc1. The fourth-order valence-corrected chi connectivity index (χ4v) is 2.58. The molecular weight excluding hydrogens is 343 g/mol. The van der Waals surface area contributed by atoms with Crippen LogP contribution in [0.1, 0.15) is 17.7 Å². The Morgan fingerprint density at radius 1 is 0.923 bits per heavy atom. The monoisotopic (exact) mass is 359 g/mol. The van der Waals surface area contributed by atoms with E-state index in [-0.39, 0.29) is 23.7 Å². The topological polar surface area (TPSA) is 42.2 Å². The Morgan fingerprint density at radius 3 is 2.35 bits per heavy atom. The number of amides is 1. The van der Waals surface area contributed by atoms with Crippen LogP contribution >= 0.6 is 0 Å². The molecule has 0 saturated carbocycles. The summed E-state index contributed by atoms with van der Waals surface area (Å²) < 4.78 is 44.8. The van der Waals surface area contributed by atoms with Gasteiger partial charge >= 0.3 is 6.18 Å². The van der Waals surface area contributed by atoms with Gasteiger partial charge < -0.3 is 9.73 Å². The molecule has 0 aliphatic rings. The minimum absolute atomic E-state index is 0.0139. The Hall–Kier alpha value is -3.02. The molecule has 3 aromatic rings. The zero-order valence-electron chi connectivity index (χ0n) is 13.7. The maximum atomic E-state index is 13.1. The van der Waals surface area contributed by atoms with Crippen LogP contribution in [0.25, 0.3) is 11.3 Å². The molecule has 134 valence electrons. The van der Waals surface area contributed by atoms with Crippen LogP contribution < -0.4 is 5.32 Å². The molecule has 0 spiro atoms. The molecule has 1 aromatic heterocycles. The van der Waals surface area contributed by atoms with Gasteiger partial charge in [-0.05, 0) is 30.3 Å². The zero-order valence-corrected chi connectivity index (χ0v) is 13.7. The first-order chi connectivity index (χ1) is 12.4. The fourth-order valence-electron chi connectivity index (χ4n) is 2.58. The summed E-state index contributed by atoms with van der Waals surface area (Å²) in [5.41, 5.74) is -0.0700. The number of carbonyl (C=O) groups is 1. The highest BCUT2D eigenvalue weighted by molar-refractivity contribution is 5.90. The second-order valence-corrected chi connectivity index (χ2v) is 5.72. The number of halogens is 3. The second kappa shape index (κ2) is 7.47. The van der Waals surface area contributed by atoms with Crippen LogP contribution in [-0.4, -0.2) is 5.91 Å². The van der Waals surface area contributed by atoms with E-state index in [1.54, 1.807) is 18.2 Å². The van der Waals surface area contributed by atoms with Crippen LogP contribution in [0.4, 0.5) is 18.9 Å². The number of hydrogen-bond donors (Lipinski definition) is 1. The maximum absolute atomic E-state index is 13.1. The Morgan fingerprint density at radius 2 is 1.62 bits per heavy atom. The van der Waals surface area contributed by atoms with E-state index in [2.05, 4.69) is 5.32 Å². The molecule has 1 heterocycles. The Labute approximate surface area is 148 Å². The average molecular weight is 359 g/mol. The molecule has 26 heavy (non-hydrogen) atoms. The van der Waals surface area contributed by atoms with Crippen LogP contribution in [0.15, 0.2) is 71.1 Å². The van der Waals surface area contributed by atoms with Crippen molar-refractivity contribution in [2.24, 2.45) is 0 Å². The molecule has 0 bridgehead atoms. The van der Waals surface area contributed by atoms with Crippen molar-refractivity contribution in [3.05, 3.63) is 78.1 Å². The molecule has 0 atom stereocenters. The minimum atomic E-state index is -4.46. The Balaban J connectivity index is 1.67. The van der Waals surface area contributed by atoms with E-state index in [1.807, 2.05) is 18.2 Å². The molecule has 2 aromatic carbocycles. The number of rotatable bonds is 5. The quantitative estimate of drug-likeness (QED) is 0.650. The first-order valence-electron chi connectivity index (χ1n) is 8.04. The number of para-hydroxylation sites is 1. The first kappa shape index (κ1) is 17.8. The lowest BCUT2D eigenvalue weighted by Crippen LogP contribution is -2.11. The highest BCUT2D eigenvalue weighted by Crippen LogP contribution is 2.37. The van der Waals surface area contributed by atoms with Gasteiger partial charge in [-0.15, -0.1) is 0 Å². The van der Waals surface area contributed by atoms with Gasteiger partial charge in [0.05, 0.1) is 5.56 Å². The van der Waals surface area contributed by atoms with E-state index in [9.17, 15) is 18.0 Å². The normalized spacial score (nSPS) is 11.3. The Kier molecular flexibility index (Phi) is 5.11. The van der Waals surface area contributed by atoms with Crippen molar-refractivity contribution in [1.82, 2.24) is 0 Å². The lowest BCUT2D eigenvalue weighted by atomic mass is 10.1. The fraction of sp³-hybridized carbons (Fsp3) is 0.150. The van der Waals surface area contributed by atoms with Crippen LogP contribution in [0.2, 0.25) is 0 Å². The molecule has 0 radical (unpaired) electrons. The van der Waals surface area contributed by atoms with Crippen molar-refractivity contribution >= 4 is 11.6 Å². The van der Waals surface area contributed by atoms with Gasteiger partial charge in [0.2, 0.25) is 5.91 Å². The summed E-state index contributed by atoms with van der Waals surface area (Å²) in [5, 5.41) is 2.75. The molecule has 0 aliphatic carbocycles. The maximum Gasteiger partial charge on any atom is 0.417 e. The van der Waals surface area contributed by atoms with Crippen molar-refractivity contribution in [3.63, 3.8) is 0 Å². The summed E-state index contributed by atoms with van der Waals surface area (Å²) in [7, 11) is 0. The first-order valence-corrected chi connectivity index (χ1v) is 8.04. The third-order valence-corrected chi connectivity index (χ3v) is 3.82. The molecule has 6 heteroatoms. The molecule has 1 amide bonds. The summed E-state index contributed by atoms with van der Waals surface area (Å²) in [6.07, 6.45) is -3.99. The largest absolute Gasteiger partial charge is 0.461 e. The molecule has 0 saturated heterocycles. The van der Waals surface area contributed by atoms with Gasteiger partial charge in [0.1, 0.15) is 11.5 Å². The van der Waals surface area contributed by atoms with Gasteiger partial charge in [-0.2, -0.15) is 13.2 Å². The summed E-state index contributed by atoms with van der Waals surface area (Å²) in [6.45, 7) is 0. The molecule has 0 unspecified atom stereocenters. The lowest BCUT2D eigenvalue weighted by Gasteiger charge is -2.10. The number of furan rings is 1. The van der Waals surface area contributed by atoms with Crippen molar-refractivity contribution in [2.45, 2.75) is 19.0 Å². The summed E-state index contributed by atoms with van der Waals surface area (Å²) in [5.74, 6) is 0.404. The van der Waals surface area contributed by atoms with Crippen molar-refractivity contribution in [1.29, 1.82) is 0 Å². The summed E-state index contributed by atoms with van der Waals surface area (Å²) >= 11 is 0. The van der Waals surface area contributed by atoms with Crippen molar-refractivity contribution in [3.8, 4) is 11.3 Å². The molecule has 3 rings (SSSR count). The van der Waals surface area contributed by atoms with Gasteiger partial charge in [0, 0.05) is 24.1 Å². The van der Waals surface area contributed by atoms with Gasteiger partial charge in [-0.25, -0.2) is 0 Å². The third kappa shape index (κ3) is 4.33. The Bertz CT molecular complexity index is 885. The number of alkyl halides is 3. The van der Waals surface area contributed by atoms with Crippen LogP contribution in [-0.2, 0) is 17.4 Å². The van der Waals surface area contributed by atoms with Crippen LogP contribution in [0.5, 0.6) is 0 Å². The number of nitrogens with one attached hydrogen (secondary N) is 1. The number of benzene rings is 2. The summed E-state index contributed by atoms with van der Waals surface area (Å²) in [4.78, 5) is 11.9. The van der Waals surface area contributed by atoms with E-state index in [4.69, 9.17) is 4.42 Å². The van der Waals surface area contributed by atoms with E-state index in [0.29, 0.717) is 17.9 Å². The van der Waals surface area contributed by atoms with Gasteiger partial charge in [0.15, 0.2) is 0 Å². The molecule has 0 aliphatic heterocycles. The molecular formula is C20H16F3NO2. The molecule has 3 nitrogen and oxygen atoms in total. The standard InChI is InChI=1S/C20H16F3NO2/c21-20(22,23)17-9-5-4-8-16(17)18-12-10-15(26-18)11-13-19(25)24-14-6-2-1-3-7-14/h1-10,12H,11,13H2,(H,24,25). The number of hydrogen-bond acceptors (Lipinski definition) is 2. The molecule has 0 fully saturated rings. The minimum Gasteiger partial charge on any atom is -0.461 e. The zero-order chi connectivity index (χ0) is 18.6. The predicted octanol–water partition coefficient (Wildman–Crippen LogP) is 5.54. The van der Waals surface area contributed by atoms with E-state index in [0.717, 1.165) is 6.07 Å². The van der Waals surface area contributed by atoms with Gasteiger partial charge in [-0.3, -0.25) is 4.79 Å². The molecule has 1 N–H and O–H groups in total. The van der Waals surface area contributed by atoms with Crippen LogP contribution in [0.3, 0.4) is 0 Å². The van der Waals surface area contributed by atoms with Crippen LogP contribution in [0, 0.1) is 0 Å². The van der Waals surface area contributed by atoms with E-state index >= 15 is 0 Å². The van der Waals surface area contributed by atoms with Gasteiger partial charge in [-0.1, -0.05) is 36.4 Å². The smallest absolute Gasteiger partial charge is 0.417 e. The van der Waals surface area contributed by atoms with E-state index in [1.165, 1.54) is 24.3 Å². The average Bonchev–Trinajstić information content (AvgIpc) is 3.09. The third-order valence-electron chi connectivity index (χ3n) is 3.82. The highest BCUT2D eigenvalue weighted by Gasteiger charge is 2.34. The van der Waals surface area contributed by atoms with Crippen molar-refractivity contribution in [2.75, 3.05) is 5.32 Å². The highest BCUT2D eigenvalue weighted by atomic mass is 19.4. The summed E-state index contributed by atoms with van der Waals surface area (Å²) in [6, 6.07) is 17.4. The second-order valence-electron chi connectivity index (χ2n) is 5.72.